The Bertz CT molecular complexity index is 544. The highest BCUT2D eigenvalue weighted by Gasteiger charge is 2.15. The molecule has 4 nitrogen and oxygen atoms in total. The lowest BCUT2D eigenvalue weighted by molar-refractivity contribution is -0.116. The molecule has 1 aromatic carbocycles. The van der Waals surface area contributed by atoms with Gasteiger partial charge in [-0.05, 0) is 43.5 Å². The number of hydrogen-bond acceptors (Lipinski definition) is 3. The second kappa shape index (κ2) is 7.75. The van der Waals surface area contributed by atoms with Crippen molar-refractivity contribution >= 4 is 11.6 Å². The van der Waals surface area contributed by atoms with Crippen LogP contribution in [-0.2, 0) is 11.3 Å². The summed E-state index contributed by atoms with van der Waals surface area (Å²) in [7, 11) is 2.18. The summed E-state index contributed by atoms with van der Waals surface area (Å²) in [4.78, 5) is 16.9. The summed E-state index contributed by atoms with van der Waals surface area (Å²) in [5, 5.41) is 3.01. The first-order valence-electron chi connectivity index (χ1n) is 8.65. The zero-order chi connectivity index (χ0) is 16.1. The quantitative estimate of drug-likeness (QED) is 0.849. The zero-order valence-corrected chi connectivity index (χ0v) is 14.0. The minimum Gasteiger partial charge on any atom is -0.326 e. The number of carbonyl (C=O) groups is 1. The van der Waals surface area contributed by atoms with E-state index < -0.39 is 0 Å². The van der Waals surface area contributed by atoms with Crippen molar-refractivity contribution in [3.63, 3.8) is 0 Å². The van der Waals surface area contributed by atoms with Crippen molar-refractivity contribution in [2.75, 3.05) is 38.5 Å². The van der Waals surface area contributed by atoms with E-state index in [-0.39, 0.29) is 5.91 Å². The first-order chi connectivity index (χ1) is 11.2. The normalized spacial score (nSPS) is 22.4. The molecule has 1 aromatic rings. The smallest absolute Gasteiger partial charge is 0.224 e. The van der Waals surface area contributed by atoms with E-state index >= 15 is 0 Å². The maximum absolute atomic E-state index is 12.0. The van der Waals surface area contributed by atoms with Gasteiger partial charge >= 0.3 is 0 Å². The fourth-order valence-corrected chi connectivity index (χ4v) is 3.27. The van der Waals surface area contributed by atoms with Gasteiger partial charge in [0.15, 0.2) is 0 Å². The summed E-state index contributed by atoms with van der Waals surface area (Å²) in [6, 6.07) is 8.30. The first-order valence-corrected chi connectivity index (χ1v) is 8.65. The highest BCUT2D eigenvalue weighted by molar-refractivity contribution is 5.91. The van der Waals surface area contributed by atoms with Gasteiger partial charge in [0.05, 0.1) is 0 Å². The zero-order valence-electron chi connectivity index (χ0n) is 14.0. The molecule has 23 heavy (non-hydrogen) atoms. The predicted molar refractivity (Wildman–Crippen MR) is 94.3 cm³/mol. The Morgan fingerprint density at radius 2 is 1.91 bits per heavy atom. The third-order valence-electron chi connectivity index (χ3n) is 4.80. The third kappa shape index (κ3) is 4.91. The van der Waals surface area contributed by atoms with Gasteiger partial charge in [0, 0.05) is 44.8 Å². The van der Waals surface area contributed by atoms with E-state index in [1.807, 2.05) is 12.1 Å². The number of piperazine rings is 1. The van der Waals surface area contributed by atoms with Gasteiger partial charge < -0.3 is 10.2 Å². The van der Waals surface area contributed by atoms with E-state index in [9.17, 15) is 4.79 Å². The molecule has 1 saturated heterocycles. The molecule has 0 aromatic heterocycles. The van der Waals surface area contributed by atoms with Gasteiger partial charge in [0.2, 0.25) is 5.91 Å². The number of amides is 1. The number of nitrogens with zero attached hydrogens (tertiary/aromatic N) is 2. The molecule has 1 amide bonds. The van der Waals surface area contributed by atoms with Gasteiger partial charge in [-0.1, -0.05) is 24.3 Å². The van der Waals surface area contributed by atoms with Crippen LogP contribution in [0, 0.1) is 5.92 Å². The lowest BCUT2D eigenvalue weighted by Gasteiger charge is -2.32. The molecule has 0 radical (unpaired) electrons. The fraction of sp³-hybridized carbons (Fsp3) is 0.526. The van der Waals surface area contributed by atoms with Gasteiger partial charge in [-0.3, -0.25) is 9.69 Å². The van der Waals surface area contributed by atoms with Gasteiger partial charge in [-0.25, -0.2) is 0 Å². The summed E-state index contributed by atoms with van der Waals surface area (Å²) in [6.45, 7) is 5.54. The molecule has 1 aliphatic heterocycles. The molecule has 0 spiro atoms. The predicted octanol–water partition coefficient (Wildman–Crippen LogP) is 2.73. The molecule has 0 unspecified atom stereocenters. The highest BCUT2D eigenvalue weighted by Crippen LogP contribution is 2.21. The Hall–Kier alpha value is -1.65. The van der Waals surface area contributed by atoms with Crippen molar-refractivity contribution in [1.82, 2.24) is 9.80 Å². The number of benzene rings is 1. The van der Waals surface area contributed by atoms with Crippen LogP contribution in [-0.4, -0.2) is 48.9 Å². The van der Waals surface area contributed by atoms with Crippen LogP contribution in [0.25, 0.3) is 0 Å². The van der Waals surface area contributed by atoms with E-state index in [0.29, 0.717) is 12.3 Å². The van der Waals surface area contributed by atoms with Crippen LogP contribution in [0.15, 0.2) is 36.4 Å². The molecule has 1 fully saturated rings. The molecule has 1 atom stereocenters. The first kappa shape index (κ1) is 16.2. The molecule has 1 aliphatic carbocycles. The molecule has 4 heteroatoms. The van der Waals surface area contributed by atoms with Gasteiger partial charge in [0.25, 0.3) is 0 Å². The second-order valence-electron chi connectivity index (χ2n) is 6.79. The molecule has 124 valence electrons. The monoisotopic (exact) mass is 313 g/mol. The Kier molecular flexibility index (Phi) is 5.47. The Labute approximate surface area is 139 Å². The van der Waals surface area contributed by atoms with Crippen LogP contribution in [0.3, 0.4) is 0 Å². The summed E-state index contributed by atoms with van der Waals surface area (Å²) < 4.78 is 0. The maximum atomic E-state index is 12.0. The van der Waals surface area contributed by atoms with Gasteiger partial charge in [-0.2, -0.15) is 0 Å². The molecule has 2 aliphatic rings. The summed E-state index contributed by atoms with van der Waals surface area (Å²) >= 11 is 0. The van der Waals surface area contributed by atoms with Crippen molar-refractivity contribution in [3.05, 3.63) is 42.0 Å². The molecular weight excluding hydrogens is 286 g/mol. The van der Waals surface area contributed by atoms with Gasteiger partial charge in [-0.15, -0.1) is 0 Å². The van der Waals surface area contributed by atoms with Crippen molar-refractivity contribution in [2.45, 2.75) is 25.8 Å². The van der Waals surface area contributed by atoms with Gasteiger partial charge in [0.1, 0.15) is 0 Å². The largest absolute Gasteiger partial charge is 0.326 e. The summed E-state index contributed by atoms with van der Waals surface area (Å²) in [5.41, 5.74) is 2.21. The number of carbonyl (C=O) groups excluding carboxylic acids is 1. The summed E-state index contributed by atoms with van der Waals surface area (Å²) in [6.07, 6.45) is 7.15. The third-order valence-corrected chi connectivity index (χ3v) is 4.80. The van der Waals surface area contributed by atoms with E-state index in [1.54, 1.807) is 0 Å². The minimum absolute atomic E-state index is 0.119. The maximum Gasteiger partial charge on any atom is 0.224 e. The minimum atomic E-state index is 0.119. The van der Waals surface area contributed by atoms with E-state index in [2.05, 4.69) is 46.4 Å². The van der Waals surface area contributed by atoms with E-state index in [1.165, 1.54) is 5.56 Å². The molecular formula is C19H27N3O. The number of allylic oxidation sites excluding steroid dienone is 2. The Morgan fingerprint density at radius 1 is 1.17 bits per heavy atom. The molecule has 3 rings (SSSR count). The molecule has 1 N–H and O–H groups in total. The van der Waals surface area contributed by atoms with Crippen molar-refractivity contribution in [2.24, 2.45) is 5.92 Å². The van der Waals surface area contributed by atoms with Crippen LogP contribution in [0.2, 0.25) is 0 Å². The Morgan fingerprint density at radius 3 is 2.57 bits per heavy atom. The number of likely N-dealkylation sites (N-methyl/N-ethyl adjacent to an activating group) is 1. The standard InChI is InChI=1S/C19H27N3O/c1-21-10-12-22(13-11-21)15-17-6-8-18(9-7-17)20-19(23)14-16-4-2-3-5-16/h2,4,6-9,16H,3,5,10-15H2,1H3,(H,20,23)/t16-/m0/s1. The van der Waals surface area contributed by atoms with E-state index in [4.69, 9.17) is 0 Å². The summed E-state index contributed by atoms with van der Waals surface area (Å²) in [5.74, 6) is 0.542. The molecule has 1 heterocycles. The van der Waals surface area contributed by atoms with Crippen molar-refractivity contribution in [3.8, 4) is 0 Å². The second-order valence-corrected chi connectivity index (χ2v) is 6.79. The average molecular weight is 313 g/mol. The van der Waals surface area contributed by atoms with Crippen LogP contribution in [0.4, 0.5) is 5.69 Å². The number of hydrogen-bond donors (Lipinski definition) is 1. The van der Waals surface area contributed by atoms with Crippen LogP contribution in [0.1, 0.15) is 24.8 Å². The number of nitrogens with one attached hydrogen (secondary N) is 1. The SMILES string of the molecule is CN1CCN(Cc2ccc(NC(=O)C[C@H]3C=CCC3)cc2)CC1. The highest BCUT2D eigenvalue weighted by atomic mass is 16.1. The Balaban J connectivity index is 1.46. The fourth-order valence-electron chi connectivity index (χ4n) is 3.27. The van der Waals surface area contributed by atoms with Crippen molar-refractivity contribution < 1.29 is 4.79 Å². The average Bonchev–Trinajstić information content (AvgIpc) is 3.04. The lowest BCUT2D eigenvalue weighted by atomic mass is 10.0. The van der Waals surface area contributed by atoms with Crippen LogP contribution in [0.5, 0.6) is 0 Å². The van der Waals surface area contributed by atoms with Crippen LogP contribution < -0.4 is 5.32 Å². The molecule has 0 bridgehead atoms. The topological polar surface area (TPSA) is 35.6 Å². The van der Waals surface area contributed by atoms with E-state index in [0.717, 1.165) is 51.3 Å². The van der Waals surface area contributed by atoms with Crippen LogP contribution >= 0.6 is 0 Å². The van der Waals surface area contributed by atoms with Crippen molar-refractivity contribution in [1.29, 1.82) is 0 Å². The number of anilines is 1. The lowest BCUT2D eigenvalue weighted by Crippen LogP contribution is -2.43. The molecule has 0 saturated carbocycles. The number of rotatable bonds is 5.